The molecule has 0 bridgehead atoms. The van der Waals surface area contributed by atoms with Crippen molar-refractivity contribution in [1.82, 2.24) is 0 Å². The van der Waals surface area contributed by atoms with Gasteiger partial charge in [-0.05, 0) is 47.5 Å². The molecule has 4 aromatic carbocycles. The van der Waals surface area contributed by atoms with Gasteiger partial charge in [0.15, 0.2) is 11.5 Å². The number of ether oxygens (including phenoxy) is 3. The summed E-state index contributed by atoms with van der Waals surface area (Å²) in [6.07, 6.45) is -4.89. The van der Waals surface area contributed by atoms with Crippen molar-refractivity contribution in [3.63, 3.8) is 0 Å². The Bertz CT molecular complexity index is 1790. The number of nitrogens with one attached hydrogen (secondary N) is 1. The molecule has 0 saturated carbocycles. The summed E-state index contributed by atoms with van der Waals surface area (Å²) in [4.78, 5) is 29.2. The average Bonchev–Trinajstić information content (AvgIpc) is 3.65. The third-order valence-corrected chi connectivity index (χ3v) is 7.77. The first-order valence-electron chi connectivity index (χ1n) is 12.9. The zero-order valence-corrected chi connectivity index (χ0v) is 21.6. The van der Waals surface area contributed by atoms with Gasteiger partial charge in [-0.2, -0.15) is 13.2 Å². The molecule has 42 heavy (non-hydrogen) atoms. The van der Waals surface area contributed by atoms with E-state index in [-0.39, 0.29) is 31.4 Å². The lowest BCUT2D eigenvalue weighted by molar-refractivity contribution is -0.137. The SMILES string of the molecule is O=C(Nc1ccc(F)cc1C(F)(F)F)c1ccccc1CN1C(=O)C2(COc3cc4c(cc32)OCO4)c2ccccc21. The molecule has 7 nitrogen and oxygen atoms in total. The summed E-state index contributed by atoms with van der Waals surface area (Å²) in [5.74, 6) is -0.667. The lowest BCUT2D eigenvalue weighted by atomic mass is 9.77. The van der Waals surface area contributed by atoms with Crippen LogP contribution in [-0.2, 0) is 22.9 Å². The van der Waals surface area contributed by atoms with Crippen LogP contribution in [0.2, 0.25) is 0 Å². The van der Waals surface area contributed by atoms with Gasteiger partial charge < -0.3 is 24.4 Å². The molecular formula is C31H20F4N2O5. The second-order valence-corrected chi connectivity index (χ2v) is 10.1. The quantitative estimate of drug-likeness (QED) is 0.300. The maximum Gasteiger partial charge on any atom is 0.418 e. The van der Waals surface area contributed by atoms with Crippen LogP contribution in [0.3, 0.4) is 0 Å². The summed E-state index contributed by atoms with van der Waals surface area (Å²) in [6.45, 7) is 0.0598. The number of nitrogens with zero attached hydrogens (tertiary/aromatic N) is 1. The first-order valence-corrected chi connectivity index (χ1v) is 12.9. The Hall–Kier alpha value is -5.06. The van der Waals surface area contributed by atoms with Crippen LogP contribution in [0.4, 0.5) is 28.9 Å². The van der Waals surface area contributed by atoms with E-state index in [4.69, 9.17) is 14.2 Å². The van der Waals surface area contributed by atoms with Crippen LogP contribution in [-0.4, -0.2) is 25.2 Å². The summed E-state index contributed by atoms with van der Waals surface area (Å²) >= 11 is 0. The van der Waals surface area contributed by atoms with E-state index in [1.807, 2.05) is 12.1 Å². The van der Waals surface area contributed by atoms with Crippen LogP contribution in [0.1, 0.15) is 32.6 Å². The Morgan fingerprint density at radius 1 is 0.881 bits per heavy atom. The largest absolute Gasteiger partial charge is 0.491 e. The Morgan fingerprint density at radius 2 is 1.62 bits per heavy atom. The maximum atomic E-state index is 14.3. The van der Waals surface area contributed by atoms with Gasteiger partial charge in [0, 0.05) is 22.9 Å². The molecule has 2 amide bonds. The zero-order valence-electron chi connectivity index (χ0n) is 21.6. The predicted molar refractivity (Wildman–Crippen MR) is 142 cm³/mol. The topological polar surface area (TPSA) is 77.1 Å². The first-order chi connectivity index (χ1) is 20.2. The van der Waals surface area contributed by atoms with Crippen molar-refractivity contribution in [2.24, 2.45) is 0 Å². The summed E-state index contributed by atoms with van der Waals surface area (Å²) in [5.41, 5.74) is -0.624. The molecule has 3 aliphatic heterocycles. The molecule has 4 aromatic rings. The molecule has 0 fully saturated rings. The number of carbonyl (C=O) groups is 2. The van der Waals surface area contributed by atoms with Crippen molar-refractivity contribution in [2.75, 3.05) is 23.6 Å². The van der Waals surface area contributed by atoms with Gasteiger partial charge in [-0.25, -0.2) is 4.39 Å². The fourth-order valence-electron chi connectivity index (χ4n) is 5.82. The van der Waals surface area contributed by atoms with Gasteiger partial charge in [-0.1, -0.05) is 36.4 Å². The lowest BCUT2D eigenvalue weighted by Crippen LogP contribution is -2.42. The number of halogens is 4. The monoisotopic (exact) mass is 576 g/mol. The van der Waals surface area contributed by atoms with Crippen LogP contribution >= 0.6 is 0 Å². The minimum Gasteiger partial charge on any atom is -0.491 e. The molecule has 0 saturated heterocycles. The Morgan fingerprint density at radius 3 is 2.43 bits per heavy atom. The second kappa shape index (κ2) is 9.23. The van der Waals surface area contributed by atoms with Crippen molar-refractivity contribution in [3.8, 4) is 17.2 Å². The smallest absolute Gasteiger partial charge is 0.418 e. The third kappa shape index (κ3) is 3.87. The fraction of sp³-hybridized carbons (Fsp3) is 0.161. The molecule has 0 radical (unpaired) electrons. The summed E-state index contributed by atoms with van der Waals surface area (Å²) in [7, 11) is 0. The van der Waals surface area contributed by atoms with E-state index in [2.05, 4.69) is 5.32 Å². The van der Waals surface area contributed by atoms with E-state index in [1.165, 1.54) is 6.07 Å². The fourth-order valence-corrected chi connectivity index (χ4v) is 5.82. The van der Waals surface area contributed by atoms with Gasteiger partial charge in [0.1, 0.15) is 23.6 Å². The van der Waals surface area contributed by atoms with Gasteiger partial charge in [-0.15, -0.1) is 0 Å². The van der Waals surface area contributed by atoms with E-state index in [0.29, 0.717) is 40.1 Å². The van der Waals surface area contributed by atoms with Crippen LogP contribution in [0, 0.1) is 5.82 Å². The van der Waals surface area contributed by atoms with Gasteiger partial charge in [0.2, 0.25) is 12.7 Å². The number of benzene rings is 4. The minimum absolute atomic E-state index is 0.0450. The number of amides is 2. The van der Waals surface area contributed by atoms with Gasteiger partial charge in [0.05, 0.1) is 17.8 Å². The number of rotatable bonds is 4. The molecule has 0 aliphatic carbocycles. The lowest BCUT2D eigenvalue weighted by Gasteiger charge is -2.24. The van der Waals surface area contributed by atoms with Crippen molar-refractivity contribution < 1.29 is 41.4 Å². The maximum absolute atomic E-state index is 14.3. The van der Waals surface area contributed by atoms with Crippen molar-refractivity contribution in [3.05, 3.63) is 112 Å². The van der Waals surface area contributed by atoms with Crippen LogP contribution in [0.15, 0.2) is 78.9 Å². The van der Waals surface area contributed by atoms with Crippen molar-refractivity contribution in [2.45, 2.75) is 18.1 Å². The summed E-state index contributed by atoms with van der Waals surface area (Å²) in [6, 6.07) is 19.1. The highest BCUT2D eigenvalue weighted by atomic mass is 19.4. The molecule has 7 rings (SSSR count). The highest BCUT2D eigenvalue weighted by molar-refractivity contribution is 6.12. The number of alkyl halides is 3. The third-order valence-electron chi connectivity index (χ3n) is 7.77. The Kier molecular flexibility index (Phi) is 5.69. The number of carbonyl (C=O) groups excluding carboxylic acids is 2. The molecule has 3 aliphatic rings. The average molecular weight is 577 g/mol. The van der Waals surface area contributed by atoms with Crippen LogP contribution < -0.4 is 24.4 Å². The standard InChI is InChI=1S/C31H20F4N2O5/c32-18-9-10-23(21(11-18)31(33,34)35)36-28(38)19-6-2-1-5-17(19)14-37-24-8-4-3-7-20(24)30(29(37)39)15-40-25-13-27-26(12-22(25)30)41-16-42-27/h1-13H,14-16H2,(H,36,38). The van der Waals surface area contributed by atoms with Gasteiger partial charge in [-0.3, -0.25) is 9.59 Å². The molecule has 1 unspecified atom stereocenters. The minimum atomic E-state index is -4.89. The molecule has 1 spiro atoms. The zero-order chi connectivity index (χ0) is 29.2. The van der Waals surface area contributed by atoms with E-state index in [0.717, 1.165) is 17.7 Å². The molecule has 1 atom stereocenters. The van der Waals surface area contributed by atoms with E-state index in [9.17, 15) is 27.2 Å². The number of anilines is 2. The molecule has 0 aromatic heterocycles. The number of para-hydroxylation sites is 1. The van der Waals surface area contributed by atoms with Crippen LogP contribution in [0.5, 0.6) is 17.2 Å². The first kappa shape index (κ1) is 25.9. The van der Waals surface area contributed by atoms with E-state index >= 15 is 0 Å². The highest BCUT2D eigenvalue weighted by Crippen LogP contribution is 2.55. The number of fused-ring (bicyclic) bond motifs is 5. The highest BCUT2D eigenvalue weighted by Gasteiger charge is 2.57. The van der Waals surface area contributed by atoms with Gasteiger partial charge in [0.25, 0.3) is 5.91 Å². The normalized spacial score (nSPS) is 18.2. The molecule has 1 N–H and O–H groups in total. The molecule has 3 heterocycles. The predicted octanol–water partition coefficient (Wildman–Crippen LogP) is 6.05. The van der Waals surface area contributed by atoms with Crippen molar-refractivity contribution in [1.29, 1.82) is 0 Å². The van der Waals surface area contributed by atoms with E-state index in [1.54, 1.807) is 47.4 Å². The van der Waals surface area contributed by atoms with Crippen LogP contribution in [0.25, 0.3) is 0 Å². The number of hydrogen-bond acceptors (Lipinski definition) is 5. The number of hydrogen-bond donors (Lipinski definition) is 1. The van der Waals surface area contributed by atoms with Gasteiger partial charge >= 0.3 is 6.18 Å². The van der Waals surface area contributed by atoms with Crippen molar-refractivity contribution >= 4 is 23.2 Å². The molecular weight excluding hydrogens is 556 g/mol. The van der Waals surface area contributed by atoms with E-state index < -0.39 is 34.6 Å². The summed E-state index contributed by atoms with van der Waals surface area (Å²) in [5, 5.41) is 2.27. The Balaban J connectivity index is 1.24. The molecule has 212 valence electrons. The second-order valence-electron chi connectivity index (χ2n) is 10.1. The Labute approximate surface area is 236 Å². The summed E-state index contributed by atoms with van der Waals surface area (Å²) < 4.78 is 71.3. The molecule has 11 heteroatoms.